The Kier molecular flexibility index (Phi) is 2.83. The Morgan fingerprint density at radius 2 is 1.81 bits per heavy atom. The standard InChI is InChI=1S/C11H7ClN2O2/c12-9-4-2-1-3-8(9)10-13-5-7(6-14-10)11(15)16/h1-6H,(H,15,16). The third-order valence-corrected chi connectivity index (χ3v) is 2.34. The number of hydrogen-bond donors (Lipinski definition) is 1. The molecule has 16 heavy (non-hydrogen) atoms. The van der Waals surface area contributed by atoms with Crippen molar-refractivity contribution in [3.8, 4) is 11.4 Å². The van der Waals surface area contributed by atoms with Crippen molar-refractivity contribution >= 4 is 17.6 Å². The molecule has 1 aromatic carbocycles. The number of benzene rings is 1. The van der Waals surface area contributed by atoms with Gasteiger partial charge in [0.1, 0.15) is 0 Å². The number of rotatable bonds is 2. The van der Waals surface area contributed by atoms with Crippen LogP contribution in [0.2, 0.25) is 5.02 Å². The van der Waals surface area contributed by atoms with Gasteiger partial charge in [0.15, 0.2) is 5.82 Å². The predicted molar refractivity (Wildman–Crippen MR) is 59.4 cm³/mol. The smallest absolute Gasteiger partial charge is 0.338 e. The summed E-state index contributed by atoms with van der Waals surface area (Å²) >= 11 is 5.96. The highest BCUT2D eigenvalue weighted by Gasteiger charge is 2.07. The fourth-order valence-corrected chi connectivity index (χ4v) is 1.44. The third kappa shape index (κ3) is 2.01. The fourth-order valence-electron chi connectivity index (χ4n) is 1.22. The Hall–Kier alpha value is -1.94. The fraction of sp³-hybridized carbons (Fsp3) is 0. The van der Waals surface area contributed by atoms with E-state index in [-0.39, 0.29) is 5.56 Å². The van der Waals surface area contributed by atoms with E-state index in [9.17, 15) is 4.79 Å². The zero-order valence-corrected chi connectivity index (χ0v) is 8.85. The quantitative estimate of drug-likeness (QED) is 0.867. The molecule has 1 N–H and O–H groups in total. The molecule has 0 unspecified atom stereocenters. The van der Waals surface area contributed by atoms with Gasteiger partial charge < -0.3 is 5.11 Å². The van der Waals surface area contributed by atoms with Crippen molar-refractivity contribution in [2.45, 2.75) is 0 Å². The Labute approximate surface area is 96.6 Å². The summed E-state index contributed by atoms with van der Waals surface area (Å²) in [5.41, 5.74) is 0.733. The molecular weight excluding hydrogens is 228 g/mol. The number of aromatic carboxylic acids is 1. The van der Waals surface area contributed by atoms with Crippen molar-refractivity contribution in [1.82, 2.24) is 9.97 Å². The zero-order chi connectivity index (χ0) is 11.5. The Morgan fingerprint density at radius 1 is 1.19 bits per heavy atom. The van der Waals surface area contributed by atoms with Gasteiger partial charge in [-0.2, -0.15) is 0 Å². The highest BCUT2D eigenvalue weighted by atomic mass is 35.5. The van der Waals surface area contributed by atoms with Crippen LogP contribution in [-0.4, -0.2) is 21.0 Å². The van der Waals surface area contributed by atoms with Gasteiger partial charge in [-0.15, -0.1) is 0 Å². The number of carbonyl (C=O) groups is 1. The van der Waals surface area contributed by atoms with Gasteiger partial charge in [-0.05, 0) is 12.1 Å². The number of carboxylic acids is 1. The highest BCUT2D eigenvalue weighted by molar-refractivity contribution is 6.33. The molecule has 0 bridgehead atoms. The van der Waals surface area contributed by atoms with E-state index in [0.29, 0.717) is 16.4 Å². The molecule has 5 heteroatoms. The monoisotopic (exact) mass is 234 g/mol. The number of halogens is 1. The summed E-state index contributed by atoms with van der Waals surface area (Å²) in [6.45, 7) is 0. The van der Waals surface area contributed by atoms with Crippen LogP contribution in [0.4, 0.5) is 0 Å². The van der Waals surface area contributed by atoms with Crippen molar-refractivity contribution < 1.29 is 9.90 Å². The summed E-state index contributed by atoms with van der Waals surface area (Å²) in [7, 11) is 0. The topological polar surface area (TPSA) is 63.1 Å². The lowest BCUT2D eigenvalue weighted by atomic mass is 10.2. The molecule has 0 aliphatic heterocycles. The van der Waals surface area contributed by atoms with Crippen molar-refractivity contribution in [3.63, 3.8) is 0 Å². The minimum absolute atomic E-state index is 0.0517. The van der Waals surface area contributed by atoms with Gasteiger partial charge in [0.25, 0.3) is 0 Å². The molecule has 0 fully saturated rings. The van der Waals surface area contributed by atoms with E-state index in [1.54, 1.807) is 18.2 Å². The highest BCUT2D eigenvalue weighted by Crippen LogP contribution is 2.23. The molecule has 0 aliphatic carbocycles. The molecule has 1 aromatic heterocycles. The molecule has 0 saturated carbocycles. The van der Waals surface area contributed by atoms with Crippen LogP contribution in [-0.2, 0) is 0 Å². The molecule has 0 aliphatic rings. The van der Waals surface area contributed by atoms with Crippen LogP contribution in [0.25, 0.3) is 11.4 Å². The van der Waals surface area contributed by atoms with E-state index in [0.717, 1.165) is 0 Å². The van der Waals surface area contributed by atoms with E-state index < -0.39 is 5.97 Å². The van der Waals surface area contributed by atoms with Crippen LogP contribution in [0.1, 0.15) is 10.4 Å². The second-order valence-electron chi connectivity index (χ2n) is 3.08. The largest absolute Gasteiger partial charge is 0.478 e. The Bertz CT molecular complexity index is 526. The second-order valence-corrected chi connectivity index (χ2v) is 3.49. The van der Waals surface area contributed by atoms with Gasteiger partial charge in [-0.3, -0.25) is 0 Å². The number of aromatic nitrogens is 2. The van der Waals surface area contributed by atoms with Crippen LogP contribution in [0.15, 0.2) is 36.7 Å². The van der Waals surface area contributed by atoms with Gasteiger partial charge in [0.05, 0.1) is 10.6 Å². The van der Waals surface area contributed by atoms with Crippen molar-refractivity contribution in [2.24, 2.45) is 0 Å². The summed E-state index contributed by atoms with van der Waals surface area (Å²) in [4.78, 5) is 18.5. The van der Waals surface area contributed by atoms with Gasteiger partial charge >= 0.3 is 5.97 Å². The average Bonchev–Trinajstić information content (AvgIpc) is 2.30. The molecule has 0 saturated heterocycles. The molecule has 4 nitrogen and oxygen atoms in total. The maximum Gasteiger partial charge on any atom is 0.338 e. The summed E-state index contributed by atoms with van der Waals surface area (Å²) in [5.74, 6) is -0.638. The second kappa shape index (κ2) is 4.28. The van der Waals surface area contributed by atoms with Crippen molar-refractivity contribution in [2.75, 3.05) is 0 Å². The Balaban J connectivity index is 2.43. The van der Waals surface area contributed by atoms with E-state index >= 15 is 0 Å². The first kappa shape index (κ1) is 10.6. The molecule has 80 valence electrons. The minimum atomic E-state index is -1.05. The number of nitrogens with zero attached hydrogens (tertiary/aromatic N) is 2. The first-order valence-electron chi connectivity index (χ1n) is 4.49. The predicted octanol–water partition coefficient (Wildman–Crippen LogP) is 2.50. The van der Waals surface area contributed by atoms with Gasteiger partial charge in [0.2, 0.25) is 0 Å². The first-order valence-corrected chi connectivity index (χ1v) is 4.86. The molecule has 2 aromatic rings. The van der Waals surface area contributed by atoms with Crippen LogP contribution in [0.3, 0.4) is 0 Å². The molecule has 0 atom stereocenters. The van der Waals surface area contributed by atoms with Gasteiger partial charge in [-0.25, -0.2) is 14.8 Å². The lowest BCUT2D eigenvalue weighted by molar-refractivity contribution is 0.0696. The minimum Gasteiger partial charge on any atom is -0.478 e. The molecule has 0 amide bonds. The molecule has 2 rings (SSSR count). The van der Waals surface area contributed by atoms with Gasteiger partial charge in [0, 0.05) is 18.0 Å². The molecular formula is C11H7ClN2O2. The average molecular weight is 235 g/mol. The van der Waals surface area contributed by atoms with Crippen LogP contribution in [0.5, 0.6) is 0 Å². The van der Waals surface area contributed by atoms with Crippen LogP contribution < -0.4 is 0 Å². The molecule has 0 spiro atoms. The summed E-state index contributed by atoms with van der Waals surface area (Å²) in [6.07, 6.45) is 2.52. The lowest BCUT2D eigenvalue weighted by Gasteiger charge is -2.02. The summed E-state index contributed by atoms with van der Waals surface area (Å²) in [5, 5.41) is 9.23. The van der Waals surface area contributed by atoms with E-state index in [1.807, 2.05) is 6.07 Å². The summed E-state index contributed by atoms with van der Waals surface area (Å²) < 4.78 is 0. The van der Waals surface area contributed by atoms with Crippen molar-refractivity contribution in [1.29, 1.82) is 0 Å². The Morgan fingerprint density at radius 3 is 2.38 bits per heavy atom. The summed E-state index contributed by atoms with van der Waals surface area (Å²) in [6, 6.07) is 7.12. The van der Waals surface area contributed by atoms with E-state index in [1.165, 1.54) is 12.4 Å². The van der Waals surface area contributed by atoms with E-state index in [4.69, 9.17) is 16.7 Å². The normalized spacial score (nSPS) is 10.1. The first-order chi connectivity index (χ1) is 7.68. The van der Waals surface area contributed by atoms with Gasteiger partial charge in [-0.1, -0.05) is 23.7 Å². The number of carboxylic acid groups (broad SMARTS) is 1. The maximum atomic E-state index is 10.6. The van der Waals surface area contributed by atoms with Crippen LogP contribution >= 0.6 is 11.6 Å². The molecule has 1 heterocycles. The third-order valence-electron chi connectivity index (χ3n) is 2.01. The van der Waals surface area contributed by atoms with Crippen molar-refractivity contribution in [3.05, 3.63) is 47.2 Å². The van der Waals surface area contributed by atoms with Crippen LogP contribution in [0, 0.1) is 0 Å². The zero-order valence-electron chi connectivity index (χ0n) is 8.09. The SMILES string of the molecule is O=C(O)c1cnc(-c2ccccc2Cl)nc1. The number of hydrogen-bond acceptors (Lipinski definition) is 3. The van der Waals surface area contributed by atoms with E-state index in [2.05, 4.69) is 9.97 Å². The lowest BCUT2D eigenvalue weighted by Crippen LogP contribution is -1.99. The molecule has 0 radical (unpaired) electrons. The maximum absolute atomic E-state index is 10.6.